The second-order valence-electron chi connectivity index (χ2n) is 4.96. The van der Waals surface area contributed by atoms with Gasteiger partial charge in [-0.1, -0.05) is 11.6 Å². The third-order valence-electron chi connectivity index (χ3n) is 3.39. The van der Waals surface area contributed by atoms with Crippen molar-refractivity contribution in [3.63, 3.8) is 0 Å². The van der Waals surface area contributed by atoms with E-state index in [0.717, 1.165) is 19.4 Å². The van der Waals surface area contributed by atoms with Gasteiger partial charge in [0.2, 0.25) is 0 Å². The van der Waals surface area contributed by atoms with Gasteiger partial charge < -0.3 is 15.1 Å². The summed E-state index contributed by atoms with van der Waals surface area (Å²) in [5.74, 6) is 0.676. The lowest BCUT2D eigenvalue weighted by atomic mass is 9.98. The largest absolute Gasteiger partial charge is 0.391 e. The molecule has 0 saturated carbocycles. The van der Waals surface area contributed by atoms with Gasteiger partial charge in [-0.3, -0.25) is 0 Å². The van der Waals surface area contributed by atoms with Gasteiger partial charge in [-0.2, -0.15) is 0 Å². The topological polar surface area (TPSA) is 69.5 Å². The summed E-state index contributed by atoms with van der Waals surface area (Å²) in [7, 11) is 0. The number of hydrogen-bond donors (Lipinski definition) is 2. The lowest BCUT2D eigenvalue weighted by molar-refractivity contribution is 0.0481. The average molecular weight is 272 g/mol. The van der Waals surface area contributed by atoms with Crippen LogP contribution < -0.4 is 4.90 Å². The summed E-state index contributed by atoms with van der Waals surface area (Å²) in [6, 6.07) is 0. The van der Waals surface area contributed by atoms with Crippen LogP contribution in [0.2, 0.25) is 5.15 Å². The van der Waals surface area contributed by atoms with Crippen molar-refractivity contribution in [2.45, 2.75) is 38.4 Å². The molecule has 1 unspecified atom stereocenters. The minimum absolute atomic E-state index is 0.179. The van der Waals surface area contributed by atoms with Gasteiger partial charge in [0.05, 0.1) is 17.8 Å². The molecule has 0 radical (unpaired) electrons. The molecule has 2 rings (SSSR count). The highest BCUT2D eigenvalue weighted by Crippen LogP contribution is 2.28. The Hall–Kier alpha value is -0.910. The van der Waals surface area contributed by atoms with Gasteiger partial charge >= 0.3 is 0 Å². The van der Waals surface area contributed by atoms with Crippen LogP contribution in [0.25, 0.3) is 0 Å². The van der Waals surface area contributed by atoms with E-state index in [1.54, 1.807) is 0 Å². The Bertz CT molecular complexity index is 426. The minimum Gasteiger partial charge on any atom is -0.391 e. The van der Waals surface area contributed by atoms with Crippen molar-refractivity contribution in [3.8, 4) is 0 Å². The van der Waals surface area contributed by atoms with Crippen LogP contribution >= 0.6 is 11.6 Å². The van der Waals surface area contributed by atoms with Gasteiger partial charge in [0.15, 0.2) is 0 Å². The third-order valence-corrected chi connectivity index (χ3v) is 3.72. The van der Waals surface area contributed by atoms with Crippen LogP contribution in [0, 0.1) is 0 Å². The Morgan fingerprint density at radius 2 is 2.17 bits per heavy atom. The first-order valence-corrected chi connectivity index (χ1v) is 6.49. The van der Waals surface area contributed by atoms with E-state index in [-0.39, 0.29) is 6.61 Å². The van der Waals surface area contributed by atoms with Gasteiger partial charge in [0.1, 0.15) is 17.3 Å². The van der Waals surface area contributed by atoms with Crippen molar-refractivity contribution in [1.29, 1.82) is 0 Å². The Morgan fingerprint density at radius 1 is 1.39 bits per heavy atom. The van der Waals surface area contributed by atoms with E-state index in [2.05, 4.69) is 14.9 Å². The highest BCUT2D eigenvalue weighted by molar-refractivity contribution is 6.30. The fourth-order valence-electron chi connectivity index (χ4n) is 2.27. The van der Waals surface area contributed by atoms with Crippen molar-refractivity contribution in [2.24, 2.45) is 0 Å². The molecule has 100 valence electrons. The molecular weight excluding hydrogens is 254 g/mol. The molecule has 1 aliphatic rings. The summed E-state index contributed by atoms with van der Waals surface area (Å²) < 4.78 is 0. The second-order valence-corrected chi connectivity index (χ2v) is 5.32. The van der Waals surface area contributed by atoms with Gasteiger partial charge in [-0.05, 0) is 26.2 Å². The zero-order valence-corrected chi connectivity index (χ0v) is 11.2. The van der Waals surface area contributed by atoms with Crippen molar-refractivity contribution in [3.05, 3.63) is 17.0 Å². The smallest absolute Gasteiger partial charge is 0.140 e. The molecule has 2 N–H and O–H groups in total. The molecule has 1 saturated heterocycles. The van der Waals surface area contributed by atoms with E-state index in [1.165, 1.54) is 6.33 Å². The number of rotatable bonds is 2. The molecule has 0 aromatic carbocycles. The van der Waals surface area contributed by atoms with E-state index in [1.807, 2.05) is 6.92 Å². The molecule has 0 aliphatic carbocycles. The Labute approximate surface area is 111 Å². The van der Waals surface area contributed by atoms with Gasteiger partial charge in [-0.15, -0.1) is 0 Å². The first kappa shape index (κ1) is 13.5. The second kappa shape index (κ2) is 5.38. The van der Waals surface area contributed by atoms with Crippen molar-refractivity contribution in [2.75, 3.05) is 18.0 Å². The fraction of sp³-hybridized carbons (Fsp3) is 0.667. The number of anilines is 1. The first-order valence-electron chi connectivity index (χ1n) is 6.11. The zero-order chi connectivity index (χ0) is 13.2. The minimum atomic E-state index is -0.620. The van der Waals surface area contributed by atoms with Crippen LogP contribution in [0.5, 0.6) is 0 Å². The summed E-state index contributed by atoms with van der Waals surface area (Å²) in [4.78, 5) is 10.1. The highest BCUT2D eigenvalue weighted by Gasteiger charge is 2.26. The molecule has 0 amide bonds. The molecule has 6 heteroatoms. The van der Waals surface area contributed by atoms with E-state index in [9.17, 15) is 10.2 Å². The lowest BCUT2D eigenvalue weighted by Crippen LogP contribution is -2.29. The molecule has 0 spiro atoms. The van der Waals surface area contributed by atoms with Crippen LogP contribution in [0.15, 0.2) is 6.33 Å². The summed E-state index contributed by atoms with van der Waals surface area (Å²) in [6.45, 7) is 3.18. The third kappa shape index (κ3) is 2.91. The van der Waals surface area contributed by atoms with Crippen LogP contribution in [-0.2, 0) is 6.61 Å². The van der Waals surface area contributed by atoms with Crippen molar-refractivity contribution in [1.82, 2.24) is 9.97 Å². The molecule has 5 nitrogen and oxygen atoms in total. The van der Waals surface area contributed by atoms with Crippen LogP contribution in [0.3, 0.4) is 0 Å². The first-order chi connectivity index (χ1) is 8.53. The van der Waals surface area contributed by atoms with Gasteiger partial charge in [0.25, 0.3) is 0 Å². The zero-order valence-electron chi connectivity index (χ0n) is 10.4. The molecular formula is C12H18ClN3O2. The SMILES string of the molecule is CC1(O)CCCN(c2ncnc(Cl)c2CO)CC1. The maximum atomic E-state index is 10.1. The quantitative estimate of drug-likeness (QED) is 0.795. The van der Waals surface area contributed by atoms with E-state index in [4.69, 9.17) is 11.6 Å². The average Bonchev–Trinajstić information content (AvgIpc) is 2.50. The normalized spacial score (nSPS) is 25.0. The number of aromatic nitrogens is 2. The Balaban J connectivity index is 2.24. The summed E-state index contributed by atoms with van der Waals surface area (Å²) in [6.07, 6.45) is 3.75. The number of hydrogen-bond acceptors (Lipinski definition) is 5. The molecule has 1 aromatic rings. The summed E-state index contributed by atoms with van der Waals surface area (Å²) >= 11 is 5.96. The molecule has 1 aliphatic heterocycles. The van der Waals surface area contributed by atoms with Crippen LogP contribution in [0.1, 0.15) is 31.7 Å². The summed E-state index contributed by atoms with van der Waals surface area (Å²) in [5.41, 5.74) is -0.0639. The standard InChI is InChI=1S/C12H18ClN3O2/c1-12(18)3-2-5-16(6-4-12)11-9(7-17)10(13)14-8-15-11/h8,17-18H,2-7H2,1H3. The summed E-state index contributed by atoms with van der Waals surface area (Å²) in [5, 5.41) is 19.7. The molecule has 2 heterocycles. The van der Waals surface area contributed by atoms with E-state index >= 15 is 0 Å². The highest BCUT2D eigenvalue weighted by atomic mass is 35.5. The number of nitrogens with zero attached hydrogens (tertiary/aromatic N) is 3. The number of halogens is 1. The maximum Gasteiger partial charge on any atom is 0.140 e. The van der Waals surface area contributed by atoms with E-state index < -0.39 is 5.60 Å². The van der Waals surface area contributed by atoms with Gasteiger partial charge in [0, 0.05) is 13.1 Å². The number of aliphatic hydroxyl groups is 2. The molecule has 1 fully saturated rings. The Morgan fingerprint density at radius 3 is 2.89 bits per heavy atom. The van der Waals surface area contributed by atoms with Crippen molar-refractivity contribution >= 4 is 17.4 Å². The van der Waals surface area contributed by atoms with E-state index in [0.29, 0.717) is 29.5 Å². The maximum absolute atomic E-state index is 10.1. The lowest BCUT2D eigenvalue weighted by Gasteiger charge is -2.24. The molecule has 1 aromatic heterocycles. The monoisotopic (exact) mass is 271 g/mol. The van der Waals surface area contributed by atoms with Crippen molar-refractivity contribution < 1.29 is 10.2 Å². The van der Waals surface area contributed by atoms with Gasteiger partial charge in [-0.25, -0.2) is 9.97 Å². The predicted octanol–water partition coefficient (Wildman–Crippen LogP) is 1.36. The number of aliphatic hydroxyl groups excluding tert-OH is 1. The fourth-order valence-corrected chi connectivity index (χ4v) is 2.45. The predicted molar refractivity (Wildman–Crippen MR) is 69.7 cm³/mol. The van der Waals surface area contributed by atoms with Crippen LogP contribution in [-0.4, -0.2) is 38.9 Å². The Kier molecular flexibility index (Phi) is 4.04. The molecule has 1 atom stereocenters. The molecule has 0 bridgehead atoms. The molecule has 18 heavy (non-hydrogen) atoms. The van der Waals surface area contributed by atoms with Crippen LogP contribution in [0.4, 0.5) is 5.82 Å².